The van der Waals surface area contributed by atoms with E-state index in [1.165, 1.54) is 0 Å². The monoisotopic (exact) mass is 313 g/mol. The summed E-state index contributed by atoms with van der Waals surface area (Å²) in [6.45, 7) is 17.0. The highest BCUT2D eigenvalue weighted by Gasteiger charge is 2.44. The van der Waals surface area contributed by atoms with Crippen molar-refractivity contribution in [2.45, 2.75) is 77.7 Å². The molecule has 1 rings (SSSR count). The standard InChI is InChI=1S/C16H31NO3Si/c1-15(2,3)20-14(18)17-13(12-19-16(17,4)5)10-9-11-21(6,7)8/h9-10,13H,11-12H2,1-8H3/b10-9-/t13-/m1/s1. The highest BCUT2D eigenvalue weighted by atomic mass is 28.3. The van der Waals surface area contributed by atoms with E-state index in [4.69, 9.17) is 9.47 Å². The molecule has 0 N–H and O–H groups in total. The second-order valence-corrected chi connectivity index (χ2v) is 13.9. The predicted octanol–water partition coefficient (Wildman–Crippen LogP) is 4.25. The van der Waals surface area contributed by atoms with Crippen LogP contribution in [0.25, 0.3) is 0 Å². The summed E-state index contributed by atoms with van der Waals surface area (Å²) < 4.78 is 11.3. The molecular formula is C16H31NO3Si. The van der Waals surface area contributed by atoms with Gasteiger partial charge in [0.2, 0.25) is 0 Å². The molecule has 0 aromatic rings. The summed E-state index contributed by atoms with van der Waals surface area (Å²) >= 11 is 0. The Balaban J connectivity index is 2.82. The first-order chi connectivity index (χ1) is 9.32. The van der Waals surface area contributed by atoms with E-state index in [0.717, 1.165) is 6.04 Å². The fourth-order valence-electron chi connectivity index (χ4n) is 2.22. The Morgan fingerprint density at radius 1 is 1.38 bits per heavy atom. The van der Waals surface area contributed by atoms with Crippen molar-refractivity contribution in [2.75, 3.05) is 6.61 Å². The molecule has 0 radical (unpaired) electrons. The third kappa shape index (κ3) is 5.83. The normalized spacial score (nSPS) is 22.9. The summed E-state index contributed by atoms with van der Waals surface area (Å²) in [5, 5.41) is 0. The average Bonchev–Trinajstić information content (AvgIpc) is 2.49. The van der Waals surface area contributed by atoms with Crippen LogP contribution in [0.1, 0.15) is 34.6 Å². The van der Waals surface area contributed by atoms with Crippen molar-refractivity contribution < 1.29 is 14.3 Å². The van der Waals surface area contributed by atoms with Gasteiger partial charge in [-0.25, -0.2) is 4.79 Å². The Morgan fingerprint density at radius 2 is 1.95 bits per heavy atom. The Labute approximate surface area is 130 Å². The van der Waals surface area contributed by atoms with Crippen LogP contribution in [0.5, 0.6) is 0 Å². The first-order valence-corrected chi connectivity index (χ1v) is 11.4. The lowest BCUT2D eigenvalue weighted by atomic mass is 10.2. The van der Waals surface area contributed by atoms with Gasteiger partial charge in [0, 0.05) is 8.07 Å². The van der Waals surface area contributed by atoms with E-state index in [-0.39, 0.29) is 12.1 Å². The molecule has 1 atom stereocenters. The number of rotatable bonds is 3. The number of amides is 1. The summed E-state index contributed by atoms with van der Waals surface area (Å²) in [6, 6.07) is 1.05. The van der Waals surface area contributed by atoms with Gasteiger partial charge in [-0.05, 0) is 40.7 Å². The molecule has 21 heavy (non-hydrogen) atoms. The Morgan fingerprint density at radius 3 is 2.43 bits per heavy atom. The molecule has 1 saturated heterocycles. The zero-order valence-electron chi connectivity index (χ0n) is 14.8. The van der Waals surface area contributed by atoms with Crippen molar-refractivity contribution in [3.63, 3.8) is 0 Å². The molecular weight excluding hydrogens is 282 g/mol. The third-order valence-electron chi connectivity index (χ3n) is 3.20. The Kier molecular flexibility index (Phi) is 5.32. The number of hydrogen-bond donors (Lipinski definition) is 0. The lowest BCUT2D eigenvalue weighted by Crippen LogP contribution is -2.49. The largest absolute Gasteiger partial charge is 0.444 e. The third-order valence-corrected chi connectivity index (χ3v) is 4.66. The first kappa shape index (κ1) is 18.2. The van der Waals surface area contributed by atoms with Crippen molar-refractivity contribution in [1.82, 2.24) is 4.90 Å². The van der Waals surface area contributed by atoms with Gasteiger partial charge in [0.05, 0.1) is 12.6 Å². The highest BCUT2D eigenvalue weighted by molar-refractivity contribution is 6.76. The maximum atomic E-state index is 12.4. The van der Waals surface area contributed by atoms with E-state index >= 15 is 0 Å². The molecule has 0 bridgehead atoms. The minimum absolute atomic E-state index is 0.0498. The van der Waals surface area contributed by atoms with Crippen LogP contribution in [0, 0.1) is 0 Å². The van der Waals surface area contributed by atoms with Crippen LogP contribution in [-0.4, -0.2) is 43.0 Å². The van der Waals surface area contributed by atoms with Gasteiger partial charge >= 0.3 is 6.09 Å². The highest BCUT2D eigenvalue weighted by Crippen LogP contribution is 2.30. The summed E-state index contributed by atoms with van der Waals surface area (Å²) in [6.07, 6.45) is 3.98. The van der Waals surface area contributed by atoms with Gasteiger partial charge in [0.25, 0.3) is 0 Å². The van der Waals surface area contributed by atoms with Gasteiger partial charge in [-0.15, -0.1) is 0 Å². The molecule has 0 aromatic heterocycles. The van der Waals surface area contributed by atoms with Gasteiger partial charge in [0.15, 0.2) is 0 Å². The summed E-state index contributed by atoms with van der Waals surface area (Å²) in [7, 11) is -1.11. The van der Waals surface area contributed by atoms with Crippen LogP contribution in [0.3, 0.4) is 0 Å². The molecule has 1 heterocycles. The van der Waals surface area contributed by atoms with Crippen LogP contribution in [0.4, 0.5) is 4.79 Å². The van der Waals surface area contributed by atoms with Gasteiger partial charge in [-0.1, -0.05) is 31.8 Å². The fraction of sp³-hybridized carbons (Fsp3) is 0.812. The van der Waals surface area contributed by atoms with Crippen molar-refractivity contribution in [1.29, 1.82) is 0 Å². The summed E-state index contributed by atoms with van der Waals surface area (Å²) in [5.41, 5.74) is -1.13. The van der Waals surface area contributed by atoms with Crippen LogP contribution in [0.2, 0.25) is 25.7 Å². The molecule has 5 heteroatoms. The number of ether oxygens (including phenoxy) is 2. The lowest BCUT2D eigenvalue weighted by Gasteiger charge is -2.34. The molecule has 1 aliphatic rings. The van der Waals surface area contributed by atoms with Crippen molar-refractivity contribution in [2.24, 2.45) is 0 Å². The van der Waals surface area contributed by atoms with Crippen molar-refractivity contribution in [3.05, 3.63) is 12.2 Å². The van der Waals surface area contributed by atoms with Crippen LogP contribution in [-0.2, 0) is 9.47 Å². The smallest absolute Gasteiger partial charge is 0.413 e. The topological polar surface area (TPSA) is 38.8 Å². The van der Waals surface area contributed by atoms with E-state index in [1.807, 2.05) is 34.6 Å². The Bertz CT molecular complexity index is 405. The van der Waals surface area contributed by atoms with E-state index in [0.29, 0.717) is 6.61 Å². The van der Waals surface area contributed by atoms with Gasteiger partial charge in [-0.2, -0.15) is 0 Å². The zero-order chi connectivity index (χ0) is 16.5. The quantitative estimate of drug-likeness (QED) is 0.577. The maximum Gasteiger partial charge on any atom is 0.413 e. The molecule has 0 aromatic carbocycles. The first-order valence-electron chi connectivity index (χ1n) is 7.65. The molecule has 1 amide bonds. The van der Waals surface area contributed by atoms with E-state index in [2.05, 4.69) is 31.8 Å². The number of hydrogen-bond acceptors (Lipinski definition) is 3. The molecule has 0 aliphatic carbocycles. The van der Waals surface area contributed by atoms with Crippen LogP contribution < -0.4 is 0 Å². The fourth-order valence-corrected chi connectivity index (χ4v) is 3.06. The summed E-state index contributed by atoms with van der Waals surface area (Å²) in [5.74, 6) is 0. The molecule has 122 valence electrons. The lowest BCUT2D eigenvalue weighted by molar-refractivity contribution is -0.0610. The minimum atomic E-state index is -1.11. The molecule has 1 aliphatic heterocycles. The minimum Gasteiger partial charge on any atom is -0.444 e. The van der Waals surface area contributed by atoms with Crippen molar-refractivity contribution in [3.8, 4) is 0 Å². The number of carbonyl (C=O) groups is 1. The second-order valence-electron chi connectivity index (χ2n) is 8.37. The van der Waals surface area contributed by atoms with Gasteiger partial charge in [-0.3, -0.25) is 4.90 Å². The second kappa shape index (κ2) is 6.13. The molecule has 0 spiro atoms. The van der Waals surface area contributed by atoms with E-state index < -0.39 is 19.4 Å². The van der Waals surface area contributed by atoms with Gasteiger partial charge < -0.3 is 9.47 Å². The SMILES string of the molecule is CC(C)(C)OC(=O)N1[C@H](/C=C\C[Si](C)(C)C)COC1(C)C. The number of nitrogens with zero attached hydrogens (tertiary/aromatic N) is 1. The molecule has 0 unspecified atom stereocenters. The molecule has 1 fully saturated rings. The van der Waals surface area contributed by atoms with Gasteiger partial charge in [0.1, 0.15) is 11.3 Å². The predicted molar refractivity (Wildman–Crippen MR) is 89.2 cm³/mol. The van der Waals surface area contributed by atoms with Crippen LogP contribution >= 0.6 is 0 Å². The Hall–Kier alpha value is -0.813. The van der Waals surface area contributed by atoms with E-state index in [9.17, 15) is 4.79 Å². The molecule has 4 nitrogen and oxygen atoms in total. The molecule has 0 saturated carbocycles. The average molecular weight is 314 g/mol. The number of carbonyl (C=O) groups excluding carboxylic acids is 1. The summed E-state index contributed by atoms with van der Waals surface area (Å²) in [4.78, 5) is 14.2. The zero-order valence-corrected chi connectivity index (χ0v) is 15.8. The number of allylic oxidation sites excluding steroid dienone is 1. The van der Waals surface area contributed by atoms with Crippen molar-refractivity contribution >= 4 is 14.2 Å². The maximum absolute atomic E-state index is 12.4. The van der Waals surface area contributed by atoms with E-state index in [1.54, 1.807) is 4.90 Å². The van der Waals surface area contributed by atoms with Crippen LogP contribution in [0.15, 0.2) is 12.2 Å².